The molecular formula is C24H21NO3S2. The average molecular weight is 436 g/mol. The highest BCUT2D eigenvalue weighted by atomic mass is 32.2. The number of thiazole rings is 1. The van der Waals surface area contributed by atoms with Gasteiger partial charge >= 0.3 is 5.97 Å². The third kappa shape index (κ3) is 4.50. The zero-order valence-electron chi connectivity index (χ0n) is 16.7. The highest BCUT2D eigenvalue weighted by Crippen LogP contribution is 2.36. The largest absolute Gasteiger partial charge is 0.482 e. The summed E-state index contributed by atoms with van der Waals surface area (Å²) in [5.41, 5.74) is 3.17. The molecule has 0 fully saturated rings. The number of aryl methyl sites for hydroxylation is 2. The molecule has 0 atom stereocenters. The van der Waals surface area contributed by atoms with Crippen LogP contribution in [-0.2, 0) is 10.5 Å². The van der Waals surface area contributed by atoms with Gasteiger partial charge < -0.3 is 9.84 Å². The molecule has 30 heavy (non-hydrogen) atoms. The number of carbonyl (C=O) groups is 1. The number of ether oxygens (including phenoxy) is 1. The molecule has 0 unspecified atom stereocenters. The Hall–Kier alpha value is -2.83. The SMILES string of the molecule is Cc1cc(SCc2sc(-c3cccc4ccccc34)nc2C)ccc1OCC(=O)O. The summed E-state index contributed by atoms with van der Waals surface area (Å²) in [5, 5.41) is 12.3. The van der Waals surface area contributed by atoms with Crippen molar-refractivity contribution in [3.05, 3.63) is 76.8 Å². The van der Waals surface area contributed by atoms with E-state index in [1.165, 1.54) is 21.2 Å². The van der Waals surface area contributed by atoms with E-state index in [4.69, 9.17) is 14.8 Å². The van der Waals surface area contributed by atoms with Crippen molar-refractivity contribution >= 4 is 39.8 Å². The fourth-order valence-electron chi connectivity index (χ4n) is 3.25. The molecule has 1 aromatic heterocycles. The lowest BCUT2D eigenvalue weighted by atomic mass is 10.1. The van der Waals surface area contributed by atoms with Crippen molar-refractivity contribution < 1.29 is 14.6 Å². The van der Waals surface area contributed by atoms with Crippen molar-refractivity contribution in [2.45, 2.75) is 24.5 Å². The molecule has 6 heteroatoms. The standard InChI is InChI=1S/C24H21NO3S2/c1-15-12-18(10-11-21(15)28-13-23(26)27)29-14-22-16(2)25-24(30-22)20-9-5-7-17-6-3-4-8-19(17)20/h3-12H,13-14H2,1-2H3,(H,26,27). The van der Waals surface area contributed by atoms with Gasteiger partial charge in [-0.2, -0.15) is 0 Å². The predicted octanol–water partition coefficient (Wildman–Crippen LogP) is 6.34. The number of aliphatic carboxylic acids is 1. The van der Waals surface area contributed by atoms with Crippen molar-refractivity contribution in [2.24, 2.45) is 0 Å². The smallest absolute Gasteiger partial charge is 0.341 e. The molecule has 152 valence electrons. The zero-order valence-corrected chi connectivity index (χ0v) is 18.3. The van der Waals surface area contributed by atoms with E-state index in [9.17, 15) is 4.79 Å². The molecule has 0 aliphatic carbocycles. The number of aromatic nitrogens is 1. The molecular weight excluding hydrogens is 414 g/mol. The summed E-state index contributed by atoms with van der Waals surface area (Å²) < 4.78 is 5.31. The van der Waals surface area contributed by atoms with E-state index in [1.807, 2.05) is 25.1 Å². The Labute approximate surface area is 183 Å². The number of carboxylic acid groups (broad SMARTS) is 1. The molecule has 0 aliphatic heterocycles. The number of rotatable bonds is 7. The van der Waals surface area contributed by atoms with E-state index < -0.39 is 5.97 Å². The Bertz CT molecular complexity index is 1210. The van der Waals surface area contributed by atoms with Gasteiger partial charge in [0, 0.05) is 21.1 Å². The average Bonchev–Trinajstić information content (AvgIpc) is 3.11. The van der Waals surface area contributed by atoms with Crippen LogP contribution >= 0.6 is 23.1 Å². The molecule has 4 rings (SSSR count). The Morgan fingerprint density at radius 3 is 2.70 bits per heavy atom. The van der Waals surface area contributed by atoms with E-state index in [2.05, 4.69) is 49.4 Å². The quantitative estimate of drug-likeness (QED) is 0.343. The van der Waals surface area contributed by atoms with Crippen molar-refractivity contribution in [3.8, 4) is 16.3 Å². The highest BCUT2D eigenvalue weighted by Gasteiger charge is 2.13. The minimum Gasteiger partial charge on any atom is -0.482 e. The number of thioether (sulfide) groups is 1. The van der Waals surface area contributed by atoms with Crippen LogP contribution in [0, 0.1) is 13.8 Å². The van der Waals surface area contributed by atoms with E-state index in [-0.39, 0.29) is 6.61 Å². The molecule has 0 spiro atoms. The number of nitrogens with zero attached hydrogens (tertiary/aromatic N) is 1. The van der Waals surface area contributed by atoms with Crippen LogP contribution in [0.2, 0.25) is 0 Å². The van der Waals surface area contributed by atoms with Crippen LogP contribution in [0.3, 0.4) is 0 Å². The number of benzene rings is 3. The molecule has 3 aromatic carbocycles. The van der Waals surface area contributed by atoms with Gasteiger partial charge in [0.1, 0.15) is 10.8 Å². The van der Waals surface area contributed by atoms with Gasteiger partial charge in [0.25, 0.3) is 0 Å². The fraction of sp³-hybridized carbons (Fsp3) is 0.167. The normalized spacial score (nSPS) is 11.0. The Kier molecular flexibility index (Phi) is 6.06. The van der Waals surface area contributed by atoms with Crippen LogP contribution < -0.4 is 4.74 Å². The molecule has 0 aliphatic rings. The van der Waals surface area contributed by atoms with Gasteiger partial charge in [0.2, 0.25) is 0 Å². The van der Waals surface area contributed by atoms with Gasteiger partial charge in [0.15, 0.2) is 6.61 Å². The molecule has 1 N–H and O–H groups in total. The van der Waals surface area contributed by atoms with Crippen LogP contribution in [0.15, 0.2) is 65.6 Å². The summed E-state index contributed by atoms with van der Waals surface area (Å²) in [6.07, 6.45) is 0. The summed E-state index contributed by atoms with van der Waals surface area (Å²) in [7, 11) is 0. The maximum Gasteiger partial charge on any atom is 0.341 e. The van der Waals surface area contributed by atoms with E-state index >= 15 is 0 Å². The first kappa shape index (κ1) is 20.4. The molecule has 0 bridgehead atoms. The van der Waals surface area contributed by atoms with Crippen LogP contribution in [-0.4, -0.2) is 22.7 Å². The van der Waals surface area contributed by atoms with Gasteiger partial charge in [-0.25, -0.2) is 9.78 Å². The second-order valence-electron chi connectivity index (χ2n) is 6.95. The molecule has 4 aromatic rings. The lowest BCUT2D eigenvalue weighted by Crippen LogP contribution is -2.09. The molecule has 0 amide bonds. The lowest BCUT2D eigenvalue weighted by Gasteiger charge is -2.08. The van der Waals surface area contributed by atoms with Gasteiger partial charge in [-0.05, 0) is 48.4 Å². The summed E-state index contributed by atoms with van der Waals surface area (Å²) in [6.45, 7) is 3.66. The first-order valence-corrected chi connectivity index (χ1v) is 11.3. The summed E-state index contributed by atoms with van der Waals surface area (Å²) >= 11 is 3.49. The summed E-state index contributed by atoms with van der Waals surface area (Å²) in [4.78, 5) is 17.9. The minimum absolute atomic E-state index is 0.329. The molecule has 0 radical (unpaired) electrons. The second-order valence-corrected chi connectivity index (χ2v) is 9.09. The van der Waals surface area contributed by atoms with E-state index in [0.717, 1.165) is 26.9 Å². The first-order valence-electron chi connectivity index (χ1n) is 9.54. The Morgan fingerprint density at radius 2 is 1.90 bits per heavy atom. The third-order valence-corrected chi connectivity index (χ3v) is 7.17. The van der Waals surface area contributed by atoms with E-state index in [1.54, 1.807) is 23.1 Å². The predicted molar refractivity (Wildman–Crippen MR) is 124 cm³/mol. The lowest BCUT2D eigenvalue weighted by molar-refractivity contribution is -0.139. The number of hydrogen-bond donors (Lipinski definition) is 1. The van der Waals surface area contributed by atoms with Crippen LogP contribution in [0.25, 0.3) is 21.3 Å². The first-order chi connectivity index (χ1) is 14.5. The number of carboxylic acids is 1. The van der Waals surface area contributed by atoms with Gasteiger partial charge in [-0.1, -0.05) is 42.5 Å². The second kappa shape index (κ2) is 8.90. The minimum atomic E-state index is -0.976. The molecule has 0 saturated carbocycles. The van der Waals surface area contributed by atoms with Crippen molar-refractivity contribution in [1.82, 2.24) is 4.98 Å². The van der Waals surface area contributed by atoms with Gasteiger partial charge in [0.05, 0.1) is 5.69 Å². The Morgan fingerprint density at radius 1 is 1.10 bits per heavy atom. The van der Waals surface area contributed by atoms with Crippen molar-refractivity contribution in [3.63, 3.8) is 0 Å². The van der Waals surface area contributed by atoms with Crippen LogP contribution in [0.4, 0.5) is 0 Å². The fourth-order valence-corrected chi connectivity index (χ4v) is 5.49. The monoisotopic (exact) mass is 435 g/mol. The Balaban J connectivity index is 1.51. The van der Waals surface area contributed by atoms with Crippen molar-refractivity contribution in [2.75, 3.05) is 6.61 Å². The molecule has 0 saturated heterocycles. The van der Waals surface area contributed by atoms with Gasteiger partial charge in [-0.3, -0.25) is 0 Å². The molecule has 4 nitrogen and oxygen atoms in total. The number of fused-ring (bicyclic) bond motifs is 1. The zero-order chi connectivity index (χ0) is 21.1. The van der Waals surface area contributed by atoms with Crippen LogP contribution in [0.5, 0.6) is 5.75 Å². The highest BCUT2D eigenvalue weighted by molar-refractivity contribution is 7.98. The summed E-state index contributed by atoms with van der Waals surface area (Å²) in [5.74, 6) is 0.465. The molecule has 1 heterocycles. The maximum atomic E-state index is 10.7. The topological polar surface area (TPSA) is 59.4 Å². The maximum absolute atomic E-state index is 10.7. The van der Waals surface area contributed by atoms with Crippen molar-refractivity contribution in [1.29, 1.82) is 0 Å². The summed E-state index contributed by atoms with van der Waals surface area (Å²) in [6, 6.07) is 20.6. The number of hydrogen-bond acceptors (Lipinski definition) is 5. The van der Waals surface area contributed by atoms with E-state index in [0.29, 0.717) is 5.75 Å². The van der Waals surface area contributed by atoms with Gasteiger partial charge in [-0.15, -0.1) is 23.1 Å². The van der Waals surface area contributed by atoms with Crippen LogP contribution in [0.1, 0.15) is 16.1 Å². The third-order valence-electron chi connectivity index (χ3n) is 4.78.